The predicted octanol–water partition coefficient (Wildman–Crippen LogP) is 1.68. The molecule has 0 spiro atoms. The molecular formula is C10H14N4S. The first-order valence-electron chi connectivity index (χ1n) is 4.87. The molecule has 0 bridgehead atoms. The highest BCUT2D eigenvalue weighted by atomic mass is 32.1. The van der Waals surface area contributed by atoms with Crippen LogP contribution in [0.1, 0.15) is 22.6 Å². The Morgan fingerprint density at radius 3 is 3.00 bits per heavy atom. The highest BCUT2D eigenvalue weighted by molar-refractivity contribution is 7.09. The lowest BCUT2D eigenvalue weighted by Crippen LogP contribution is -2.20. The molecule has 0 fully saturated rings. The molecule has 0 saturated heterocycles. The molecule has 2 aromatic heterocycles. The minimum atomic E-state index is 0.213. The number of aryl methyl sites for hydroxylation is 1. The number of imidazole rings is 1. The summed E-state index contributed by atoms with van der Waals surface area (Å²) in [5.74, 6) is 0.963. The van der Waals surface area contributed by atoms with E-state index in [9.17, 15) is 0 Å². The zero-order chi connectivity index (χ0) is 10.7. The smallest absolute Gasteiger partial charge is 0.123 e. The zero-order valence-electron chi connectivity index (χ0n) is 8.82. The fourth-order valence-corrected chi connectivity index (χ4v) is 2.29. The highest BCUT2D eigenvalue weighted by Gasteiger charge is 2.13. The second-order valence-electron chi connectivity index (χ2n) is 3.40. The van der Waals surface area contributed by atoms with Crippen molar-refractivity contribution in [3.8, 4) is 0 Å². The van der Waals surface area contributed by atoms with Crippen LogP contribution in [-0.4, -0.2) is 22.0 Å². The first-order chi connectivity index (χ1) is 7.29. The highest BCUT2D eigenvalue weighted by Crippen LogP contribution is 2.17. The van der Waals surface area contributed by atoms with Crippen molar-refractivity contribution < 1.29 is 0 Å². The summed E-state index contributed by atoms with van der Waals surface area (Å²) in [6.07, 6.45) is 4.49. The van der Waals surface area contributed by atoms with Gasteiger partial charge in [-0.2, -0.15) is 0 Å². The number of thiazole rings is 1. The lowest BCUT2D eigenvalue weighted by Gasteiger charge is -2.11. The summed E-state index contributed by atoms with van der Waals surface area (Å²) < 4.78 is 0. The van der Waals surface area contributed by atoms with Gasteiger partial charge >= 0.3 is 0 Å². The Hall–Kier alpha value is -1.20. The van der Waals surface area contributed by atoms with Crippen molar-refractivity contribution in [2.24, 2.45) is 0 Å². The van der Waals surface area contributed by atoms with Crippen molar-refractivity contribution in [1.82, 2.24) is 20.3 Å². The standard InChI is InChI=1S/C10H14N4S/c1-7-6-15-9(14-7)5-8(11-2)10-12-3-4-13-10/h3-4,6,8,11H,5H2,1-2H3,(H,12,13). The van der Waals surface area contributed by atoms with Crippen LogP contribution in [0.2, 0.25) is 0 Å². The Morgan fingerprint density at radius 2 is 2.47 bits per heavy atom. The van der Waals surface area contributed by atoms with E-state index in [0.717, 1.165) is 22.9 Å². The third-order valence-corrected chi connectivity index (χ3v) is 3.23. The Labute approximate surface area is 92.8 Å². The molecule has 2 heterocycles. The van der Waals surface area contributed by atoms with Gasteiger partial charge < -0.3 is 10.3 Å². The minimum absolute atomic E-state index is 0.213. The van der Waals surface area contributed by atoms with Crippen LogP contribution in [0.25, 0.3) is 0 Å². The fourth-order valence-electron chi connectivity index (χ4n) is 1.47. The van der Waals surface area contributed by atoms with E-state index in [4.69, 9.17) is 0 Å². The van der Waals surface area contributed by atoms with Crippen molar-refractivity contribution in [2.75, 3.05) is 7.05 Å². The summed E-state index contributed by atoms with van der Waals surface area (Å²) in [5, 5.41) is 6.45. The quantitative estimate of drug-likeness (QED) is 0.827. The maximum atomic E-state index is 4.45. The van der Waals surface area contributed by atoms with Gasteiger partial charge in [0.1, 0.15) is 5.82 Å². The summed E-state index contributed by atoms with van der Waals surface area (Å²) >= 11 is 1.70. The number of rotatable bonds is 4. The Morgan fingerprint density at radius 1 is 1.60 bits per heavy atom. The number of likely N-dealkylation sites (N-methyl/N-ethyl adjacent to an activating group) is 1. The van der Waals surface area contributed by atoms with Crippen LogP contribution in [0.4, 0.5) is 0 Å². The van der Waals surface area contributed by atoms with Gasteiger partial charge in [0.25, 0.3) is 0 Å². The van der Waals surface area contributed by atoms with Gasteiger partial charge in [-0.05, 0) is 14.0 Å². The SMILES string of the molecule is CNC(Cc1nc(C)cs1)c1ncc[nH]1. The van der Waals surface area contributed by atoms with Crippen LogP contribution in [0.3, 0.4) is 0 Å². The van der Waals surface area contributed by atoms with Gasteiger partial charge in [0.2, 0.25) is 0 Å². The molecule has 5 heteroatoms. The first kappa shape index (κ1) is 10.3. The van der Waals surface area contributed by atoms with E-state index < -0.39 is 0 Å². The van der Waals surface area contributed by atoms with Crippen LogP contribution >= 0.6 is 11.3 Å². The summed E-state index contributed by atoms with van der Waals surface area (Å²) in [4.78, 5) is 11.8. The van der Waals surface area contributed by atoms with E-state index in [1.165, 1.54) is 0 Å². The van der Waals surface area contributed by atoms with Gasteiger partial charge in [-0.25, -0.2) is 9.97 Å². The van der Waals surface area contributed by atoms with Crippen molar-refractivity contribution in [3.05, 3.63) is 34.3 Å². The number of hydrogen-bond acceptors (Lipinski definition) is 4. The van der Waals surface area contributed by atoms with Crippen LogP contribution in [0.5, 0.6) is 0 Å². The Kier molecular flexibility index (Phi) is 3.13. The maximum Gasteiger partial charge on any atom is 0.123 e. The molecule has 0 aliphatic rings. The number of nitrogens with zero attached hydrogens (tertiary/aromatic N) is 2. The van der Waals surface area contributed by atoms with Crippen molar-refractivity contribution >= 4 is 11.3 Å². The molecule has 0 saturated carbocycles. The summed E-state index contributed by atoms with van der Waals surface area (Å²) in [6, 6.07) is 0.213. The van der Waals surface area contributed by atoms with Crippen LogP contribution < -0.4 is 5.32 Å². The summed E-state index contributed by atoms with van der Waals surface area (Å²) in [6.45, 7) is 2.02. The molecule has 1 unspecified atom stereocenters. The first-order valence-corrected chi connectivity index (χ1v) is 5.75. The zero-order valence-corrected chi connectivity index (χ0v) is 9.64. The largest absolute Gasteiger partial charge is 0.347 e. The van der Waals surface area contributed by atoms with Gasteiger partial charge in [0.05, 0.1) is 11.0 Å². The van der Waals surface area contributed by atoms with Gasteiger partial charge in [-0.1, -0.05) is 0 Å². The molecule has 2 rings (SSSR count). The van der Waals surface area contributed by atoms with E-state index in [2.05, 4.69) is 25.6 Å². The molecule has 1 atom stereocenters. The average Bonchev–Trinajstić information content (AvgIpc) is 2.85. The van der Waals surface area contributed by atoms with Gasteiger partial charge in [-0.3, -0.25) is 0 Å². The number of nitrogens with one attached hydrogen (secondary N) is 2. The molecular weight excluding hydrogens is 208 g/mol. The number of aromatic amines is 1. The Balaban J connectivity index is 2.09. The topological polar surface area (TPSA) is 53.6 Å². The maximum absolute atomic E-state index is 4.45. The van der Waals surface area contributed by atoms with Gasteiger partial charge in [0, 0.05) is 29.9 Å². The fraction of sp³-hybridized carbons (Fsp3) is 0.400. The van der Waals surface area contributed by atoms with Crippen LogP contribution in [0, 0.1) is 6.92 Å². The lowest BCUT2D eigenvalue weighted by molar-refractivity contribution is 0.561. The second kappa shape index (κ2) is 4.55. The second-order valence-corrected chi connectivity index (χ2v) is 4.35. The summed E-state index contributed by atoms with van der Waals surface area (Å²) in [7, 11) is 1.94. The molecule has 0 aliphatic heterocycles. The molecule has 2 aromatic rings. The van der Waals surface area contributed by atoms with Crippen molar-refractivity contribution in [2.45, 2.75) is 19.4 Å². The molecule has 4 nitrogen and oxygen atoms in total. The molecule has 80 valence electrons. The van der Waals surface area contributed by atoms with Crippen molar-refractivity contribution in [1.29, 1.82) is 0 Å². The third-order valence-electron chi connectivity index (χ3n) is 2.24. The van der Waals surface area contributed by atoms with Crippen LogP contribution in [0.15, 0.2) is 17.8 Å². The van der Waals surface area contributed by atoms with E-state index >= 15 is 0 Å². The van der Waals surface area contributed by atoms with Crippen molar-refractivity contribution in [3.63, 3.8) is 0 Å². The van der Waals surface area contributed by atoms with Gasteiger partial charge in [0.15, 0.2) is 0 Å². The average molecular weight is 222 g/mol. The monoisotopic (exact) mass is 222 g/mol. The molecule has 0 aliphatic carbocycles. The van der Waals surface area contributed by atoms with E-state index in [-0.39, 0.29) is 6.04 Å². The normalized spacial score (nSPS) is 12.9. The van der Waals surface area contributed by atoms with E-state index in [0.29, 0.717) is 0 Å². The lowest BCUT2D eigenvalue weighted by atomic mass is 10.2. The molecule has 15 heavy (non-hydrogen) atoms. The number of H-pyrrole nitrogens is 1. The molecule has 0 amide bonds. The minimum Gasteiger partial charge on any atom is -0.347 e. The van der Waals surface area contributed by atoms with E-state index in [1.54, 1.807) is 17.5 Å². The molecule has 2 N–H and O–H groups in total. The number of hydrogen-bond donors (Lipinski definition) is 2. The predicted molar refractivity (Wildman–Crippen MR) is 60.9 cm³/mol. The third kappa shape index (κ3) is 2.43. The molecule has 0 aromatic carbocycles. The van der Waals surface area contributed by atoms with Crippen LogP contribution in [-0.2, 0) is 6.42 Å². The van der Waals surface area contributed by atoms with Gasteiger partial charge in [-0.15, -0.1) is 11.3 Å². The number of aromatic nitrogens is 3. The summed E-state index contributed by atoms with van der Waals surface area (Å²) in [5.41, 5.74) is 1.09. The molecule has 0 radical (unpaired) electrons. The Bertz CT molecular complexity index is 407. The van der Waals surface area contributed by atoms with E-state index in [1.807, 2.05) is 20.2 Å².